The second-order valence-electron chi connectivity index (χ2n) is 8.81. The van der Waals surface area contributed by atoms with Crippen LogP contribution < -0.4 is 10.2 Å². The first-order chi connectivity index (χ1) is 17.2. The summed E-state index contributed by atoms with van der Waals surface area (Å²) < 4.78 is 5.30. The molecule has 0 fully saturated rings. The lowest BCUT2D eigenvalue weighted by atomic mass is 10.1. The molecule has 0 radical (unpaired) electrons. The summed E-state index contributed by atoms with van der Waals surface area (Å²) in [4.78, 5) is 23.9. The Morgan fingerprint density at radius 1 is 0.771 bits per heavy atom. The number of rotatable bonds is 17. The highest BCUT2D eigenvalue weighted by Crippen LogP contribution is 2.13. The number of benzene rings is 2. The Kier molecular flexibility index (Phi) is 14.5. The van der Waals surface area contributed by atoms with Crippen LogP contribution in [0.2, 0.25) is 0 Å². The minimum atomic E-state index is -0.440. The van der Waals surface area contributed by atoms with Gasteiger partial charge in [0.05, 0.1) is 6.21 Å². The van der Waals surface area contributed by atoms with Gasteiger partial charge in [0, 0.05) is 12.5 Å². The van der Waals surface area contributed by atoms with E-state index in [9.17, 15) is 9.59 Å². The number of amides is 1. The third-order valence-corrected chi connectivity index (χ3v) is 5.72. The van der Waals surface area contributed by atoms with Crippen LogP contribution in [0.4, 0.5) is 0 Å². The van der Waals surface area contributed by atoms with Crippen LogP contribution in [-0.2, 0) is 9.59 Å². The van der Waals surface area contributed by atoms with E-state index in [1.807, 2.05) is 30.3 Å². The fraction of sp³-hybridized carbons (Fsp3) is 0.433. The van der Waals surface area contributed by atoms with Gasteiger partial charge in [-0.1, -0.05) is 101 Å². The number of hydrazone groups is 1. The van der Waals surface area contributed by atoms with Crippen molar-refractivity contribution in [1.29, 1.82) is 0 Å². The predicted octanol–water partition coefficient (Wildman–Crippen LogP) is 7.46. The van der Waals surface area contributed by atoms with Gasteiger partial charge in [-0.25, -0.2) is 10.2 Å². The lowest BCUT2D eigenvalue weighted by molar-refractivity contribution is -0.129. The van der Waals surface area contributed by atoms with Crippen molar-refractivity contribution in [2.24, 2.45) is 5.10 Å². The maximum Gasteiger partial charge on any atom is 0.336 e. The summed E-state index contributed by atoms with van der Waals surface area (Å²) in [5.74, 6) is -0.0525. The number of nitrogens with zero attached hydrogens (tertiary/aromatic N) is 1. The monoisotopic (exact) mass is 476 g/mol. The molecule has 2 aromatic rings. The predicted molar refractivity (Wildman–Crippen MR) is 144 cm³/mol. The van der Waals surface area contributed by atoms with E-state index in [2.05, 4.69) is 17.5 Å². The first kappa shape index (κ1) is 28.0. The molecular formula is C30H40N2O3. The molecule has 5 nitrogen and oxygen atoms in total. The van der Waals surface area contributed by atoms with Crippen molar-refractivity contribution in [3.63, 3.8) is 0 Å². The molecule has 0 bridgehead atoms. The van der Waals surface area contributed by atoms with Gasteiger partial charge in [0.25, 0.3) is 0 Å². The van der Waals surface area contributed by atoms with Crippen molar-refractivity contribution in [2.75, 3.05) is 0 Å². The molecule has 5 heteroatoms. The molecule has 35 heavy (non-hydrogen) atoms. The van der Waals surface area contributed by atoms with Gasteiger partial charge in [-0.15, -0.1) is 0 Å². The summed E-state index contributed by atoms with van der Waals surface area (Å²) in [5, 5.41) is 4.02. The molecule has 0 saturated carbocycles. The Hall–Kier alpha value is -3.21. The Morgan fingerprint density at radius 3 is 2.00 bits per heavy atom. The van der Waals surface area contributed by atoms with Crippen LogP contribution in [-0.4, -0.2) is 18.1 Å². The third-order valence-electron chi connectivity index (χ3n) is 5.72. The number of ether oxygens (including phenoxy) is 1. The van der Waals surface area contributed by atoms with E-state index in [4.69, 9.17) is 4.74 Å². The highest BCUT2D eigenvalue weighted by molar-refractivity contribution is 5.89. The zero-order valence-corrected chi connectivity index (χ0v) is 21.1. The molecule has 0 aliphatic carbocycles. The summed E-state index contributed by atoms with van der Waals surface area (Å²) in [5.41, 5.74) is 4.32. The number of unbranched alkanes of at least 4 members (excludes halogenated alkanes) is 10. The normalized spacial score (nSPS) is 11.2. The van der Waals surface area contributed by atoms with Gasteiger partial charge in [0.1, 0.15) is 5.75 Å². The standard InChI is InChI=1S/C30H40N2O3/c1-2-3-4-5-6-7-8-9-10-11-15-18-29(33)32-31-25-27-19-22-28(23-20-27)35-30(34)24-21-26-16-13-12-14-17-26/h12-14,16-17,19-25H,2-11,15,18H2,1H3,(H,32,33)/b24-21+,31-25+. The molecule has 0 spiro atoms. The minimum Gasteiger partial charge on any atom is -0.423 e. The average molecular weight is 477 g/mol. The highest BCUT2D eigenvalue weighted by atomic mass is 16.5. The van der Waals surface area contributed by atoms with Crippen molar-refractivity contribution in [2.45, 2.75) is 84.0 Å². The van der Waals surface area contributed by atoms with E-state index in [0.29, 0.717) is 12.2 Å². The van der Waals surface area contributed by atoms with E-state index in [0.717, 1.165) is 24.0 Å². The van der Waals surface area contributed by atoms with Crippen molar-refractivity contribution in [3.05, 3.63) is 71.8 Å². The average Bonchev–Trinajstić information content (AvgIpc) is 2.88. The fourth-order valence-electron chi connectivity index (χ4n) is 3.69. The molecule has 0 aliphatic rings. The van der Waals surface area contributed by atoms with Gasteiger partial charge in [0.2, 0.25) is 5.91 Å². The SMILES string of the molecule is CCCCCCCCCCCCCC(=O)N/N=C/c1ccc(OC(=O)/C=C/c2ccccc2)cc1. The van der Waals surface area contributed by atoms with Gasteiger partial charge in [-0.2, -0.15) is 5.10 Å². The molecule has 0 heterocycles. The topological polar surface area (TPSA) is 67.8 Å². The summed E-state index contributed by atoms with van der Waals surface area (Å²) in [6.45, 7) is 2.25. The zero-order chi connectivity index (χ0) is 25.0. The van der Waals surface area contributed by atoms with E-state index in [1.165, 1.54) is 63.9 Å². The molecular weight excluding hydrogens is 436 g/mol. The van der Waals surface area contributed by atoms with E-state index >= 15 is 0 Å². The lowest BCUT2D eigenvalue weighted by Crippen LogP contribution is -2.16. The molecule has 2 aromatic carbocycles. The van der Waals surface area contributed by atoms with Crippen LogP contribution in [0, 0.1) is 0 Å². The van der Waals surface area contributed by atoms with Crippen LogP contribution in [0.3, 0.4) is 0 Å². The number of hydrogen-bond donors (Lipinski definition) is 1. The van der Waals surface area contributed by atoms with Gasteiger partial charge < -0.3 is 4.74 Å². The molecule has 0 aliphatic heterocycles. The first-order valence-electron chi connectivity index (χ1n) is 13.0. The van der Waals surface area contributed by atoms with E-state index < -0.39 is 5.97 Å². The smallest absolute Gasteiger partial charge is 0.336 e. The van der Waals surface area contributed by atoms with Gasteiger partial charge in [-0.05, 0) is 47.9 Å². The number of hydrogen-bond acceptors (Lipinski definition) is 4. The molecule has 2 rings (SSSR count). The third kappa shape index (κ3) is 13.9. The van der Waals surface area contributed by atoms with Crippen LogP contribution in [0.25, 0.3) is 6.08 Å². The van der Waals surface area contributed by atoms with Gasteiger partial charge >= 0.3 is 5.97 Å². The number of esters is 1. The summed E-state index contributed by atoms with van der Waals surface area (Å²) >= 11 is 0. The maximum atomic E-state index is 12.0. The maximum absolute atomic E-state index is 12.0. The quantitative estimate of drug-likeness (QED) is 0.0643. The van der Waals surface area contributed by atoms with Crippen molar-refractivity contribution < 1.29 is 14.3 Å². The largest absolute Gasteiger partial charge is 0.423 e. The Bertz CT molecular complexity index is 905. The Labute approximate surface area is 210 Å². The van der Waals surface area contributed by atoms with Crippen molar-refractivity contribution in [3.8, 4) is 5.75 Å². The fourth-order valence-corrected chi connectivity index (χ4v) is 3.69. The molecule has 1 amide bonds. The van der Waals surface area contributed by atoms with Crippen LogP contribution >= 0.6 is 0 Å². The highest BCUT2D eigenvalue weighted by Gasteiger charge is 2.02. The summed E-state index contributed by atoms with van der Waals surface area (Å²) in [6.07, 6.45) is 19.1. The lowest BCUT2D eigenvalue weighted by Gasteiger charge is -2.03. The molecule has 0 unspecified atom stereocenters. The van der Waals surface area contributed by atoms with Gasteiger partial charge in [0.15, 0.2) is 0 Å². The van der Waals surface area contributed by atoms with Crippen molar-refractivity contribution >= 4 is 24.2 Å². The van der Waals surface area contributed by atoms with E-state index in [1.54, 1.807) is 36.6 Å². The molecule has 0 atom stereocenters. The second kappa shape index (κ2) is 18.2. The summed E-state index contributed by atoms with van der Waals surface area (Å²) in [6, 6.07) is 16.5. The minimum absolute atomic E-state index is 0.0621. The molecule has 0 aromatic heterocycles. The second-order valence-corrected chi connectivity index (χ2v) is 8.81. The number of nitrogens with one attached hydrogen (secondary N) is 1. The number of carbonyl (C=O) groups excluding carboxylic acids is 2. The van der Waals surface area contributed by atoms with Gasteiger partial charge in [-0.3, -0.25) is 4.79 Å². The Morgan fingerprint density at radius 2 is 1.37 bits per heavy atom. The van der Waals surface area contributed by atoms with E-state index in [-0.39, 0.29) is 5.91 Å². The molecule has 0 saturated heterocycles. The van der Waals surface area contributed by atoms with Crippen LogP contribution in [0.15, 0.2) is 65.8 Å². The first-order valence-corrected chi connectivity index (χ1v) is 13.0. The van der Waals surface area contributed by atoms with Crippen LogP contribution in [0.5, 0.6) is 5.75 Å². The summed E-state index contributed by atoms with van der Waals surface area (Å²) in [7, 11) is 0. The van der Waals surface area contributed by atoms with Crippen LogP contribution in [0.1, 0.15) is 95.1 Å². The molecule has 1 N–H and O–H groups in total. The molecule has 188 valence electrons. The number of carbonyl (C=O) groups is 2. The zero-order valence-electron chi connectivity index (χ0n) is 21.1. The Balaban J connectivity index is 1.54. The van der Waals surface area contributed by atoms with Crippen molar-refractivity contribution in [1.82, 2.24) is 5.43 Å².